The molecule has 3 rings (SSSR count). The van der Waals surface area contributed by atoms with Crippen molar-refractivity contribution in [1.29, 1.82) is 0 Å². The van der Waals surface area contributed by atoms with E-state index >= 15 is 0 Å². The lowest BCUT2D eigenvalue weighted by molar-refractivity contribution is -0.117. The van der Waals surface area contributed by atoms with Gasteiger partial charge < -0.3 is 10.5 Å². The first-order valence-electron chi connectivity index (χ1n) is 8.00. The molecule has 3 aliphatic heterocycles. The summed E-state index contributed by atoms with van der Waals surface area (Å²) in [6, 6.07) is 1.36. The molecular weight excluding hydrogens is 256 g/mol. The third kappa shape index (κ3) is 3.12. The summed E-state index contributed by atoms with van der Waals surface area (Å²) in [7, 11) is 0. The average Bonchev–Trinajstić information content (AvgIpc) is 2.48. The number of hydrogen-bond acceptors (Lipinski definition) is 4. The van der Waals surface area contributed by atoms with Crippen molar-refractivity contribution < 1.29 is 4.74 Å². The predicted molar refractivity (Wildman–Crippen MR) is 81.7 cm³/mol. The van der Waals surface area contributed by atoms with E-state index in [-0.39, 0.29) is 5.60 Å². The number of nitrogens with zero attached hydrogens (tertiary/aromatic N) is 1. The third-order valence-electron chi connectivity index (χ3n) is 5.28. The SMILES string of the molecule is NCC1CCCCN1C1CCOC2(CCSCC2)C1. The molecule has 110 valence electrons. The molecule has 0 aromatic carbocycles. The van der Waals surface area contributed by atoms with Crippen LogP contribution in [0.25, 0.3) is 0 Å². The maximum atomic E-state index is 6.23. The molecular formula is C15H28N2OS. The van der Waals surface area contributed by atoms with Crippen molar-refractivity contribution in [3.63, 3.8) is 0 Å². The molecule has 3 saturated heterocycles. The largest absolute Gasteiger partial charge is 0.375 e. The number of piperidine rings is 1. The summed E-state index contributed by atoms with van der Waals surface area (Å²) in [4.78, 5) is 2.73. The molecule has 2 unspecified atom stereocenters. The van der Waals surface area contributed by atoms with Crippen LogP contribution in [0.1, 0.15) is 44.9 Å². The van der Waals surface area contributed by atoms with Gasteiger partial charge in [0.1, 0.15) is 0 Å². The van der Waals surface area contributed by atoms with Gasteiger partial charge in [-0.05, 0) is 56.6 Å². The van der Waals surface area contributed by atoms with E-state index in [2.05, 4.69) is 16.7 Å². The highest BCUT2D eigenvalue weighted by Gasteiger charge is 2.41. The zero-order chi connectivity index (χ0) is 13.1. The van der Waals surface area contributed by atoms with Gasteiger partial charge in [0, 0.05) is 25.2 Å². The summed E-state index contributed by atoms with van der Waals surface area (Å²) in [5.41, 5.74) is 6.21. The predicted octanol–water partition coefficient (Wildman–Crippen LogP) is 2.24. The summed E-state index contributed by atoms with van der Waals surface area (Å²) >= 11 is 2.09. The van der Waals surface area contributed by atoms with Gasteiger partial charge >= 0.3 is 0 Å². The van der Waals surface area contributed by atoms with Crippen molar-refractivity contribution in [3.05, 3.63) is 0 Å². The Morgan fingerprint density at radius 1 is 1.21 bits per heavy atom. The van der Waals surface area contributed by atoms with Gasteiger partial charge in [-0.25, -0.2) is 0 Å². The smallest absolute Gasteiger partial charge is 0.0713 e. The van der Waals surface area contributed by atoms with Gasteiger partial charge in [-0.1, -0.05) is 6.42 Å². The van der Waals surface area contributed by atoms with Crippen LogP contribution < -0.4 is 5.73 Å². The highest BCUT2D eigenvalue weighted by Crippen LogP contribution is 2.39. The zero-order valence-corrected chi connectivity index (χ0v) is 12.8. The molecule has 3 nitrogen and oxygen atoms in total. The van der Waals surface area contributed by atoms with Gasteiger partial charge in [0.25, 0.3) is 0 Å². The van der Waals surface area contributed by atoms with E-state index in [0.717, 1.165) is 19.2 Å². The van der Waals surface area contributed by atoms with Crippen molar-refractivity contribution >= 4 is 11.8 Å². The number of nitrogens with two attached hydrogens (primary N) is 1. The summed E-state index contributed by atoms with van der Waals surface area (Å²) in [5.74, 6) is 2.57. The van der Waals surface area contributed by atoms with E-state index in [0.29, 0.717) is 6.04 Å². The minimum Gasteiger partial charge on any atom is -0.375 e. The van der Waals surface area contributed by atoms with Gasteiger partial charge in [-0.2, -0.15) is 11.8 Å². The first-order chi connectivity index (χ1) is 9.33. The quantitative estimate of drug-likeness (QED) is 0.844. The Morgan fingerprint density at radius 3 is 2.84 bits per heavy atom. The van der Waals surface area contributed by atoms with E-state index in [9.17, 15) is 0 Å². The van der Waals surface area contributed by atoms with Gasteiger partial charge in [0.2, 0.25) is 0 Å². The van der Waals surface area contributed by atoms with Crippen LogP contribution in [0.3, 0.4) is 0 Å². The standard InChI is InChI=1S/C15H28N2OS/c16-12-14-3-1-2-7-17(14)13-4-8-18-15(11-13)5-9-19-10-6-15/h13-14H,1-12,16H2. The van der Waals surface area contributed by atoms with Crippen molar-refractivity contribution in [2.24, 2.45) is 5.73 Å². The number of hydrogen-bond donors (Lipinski definition) is 1. The molecule has 0 aliphatic carbocycles. The van der Waals surface area contributed by atoms with Gasteiger partial charge in [0.05, 0.1) is 5.60 Å². The fourth-order valence-corrected chi connectivity index (χ4v) is 5.37. The van der Waals surface area contributed by atoms with Crippen molar-refractivity contribution in [2.75, 3.05) is 31.2 Å². The molecule has 19 heavy (non-hydrogen) atoms. The topological polar surface area (TPSA) is 38.5 Å². The number of ether oxygens (including phenoxy) is 1. The monoisotopic (exact) mass is 284 g/mol. The normalized spacial score (nSPS) is 36.5. The number of thioether (sulfide) groups is 1. The summed E-state index contributed by atoms with van der Waals surface area (Å²) in [6.07, 6.45) is 9.01. The molecule has 0 aromatic rings. The molecule has 2 atom stereocenters. The molecule has 0 saturated carbocycles. The van der Waals surface area contributed by atoms with Crippen LogP contribution in [0.15, 0.2) is 0 Å². The minimum absolute atomic E-state index is 0.213. The van der Waals surface area contributed by atoms with Gasteiger partial charge in [0.15, 0.2) is 0 Å². The van der Waals surface area contributed by atoms with Crippen LogP contribution in [0.2, 0.25) is 0 Å². The Bertz CT molecular complexity index is 288. The van der Waals surface area contributed by atoms with E-state index in [1.165, 1.54) is 63.0 Å². The molecule has 3 heterocycles. The van der Waals surface area contributed by atoms with Gasteiger partial charge in [-0.15, -0.1) is 0 Å². The second kappa shape index (κ2) is 6.33. The first kappa shape index (κ1) is 14.2. The summed E-state index contributed by atoms with van der Waals surface area (Å²) in [5, 5.41) is 0. The molecule has 0 bridgehead atoms. The Morgan fingerprint density at radius 2 is 2.05 bits per heavy atom. The van der Waals surface area contributed by atoms with Crippen LogP contribution >= 0.6 is 11.8 Å². The average molecular weight is 284 g/mol. The zero-order valence-electron chi connectivity index (χ0n) is 12.0. The molecule has 1 spiro atoms. The molecule has 2 N–H and O–H groups in total. The van der Waals surface area contributed by atoms with Crippen molar-refractivity contribution in [2.45, 2.75) is 62.6 Å². The highest BCUT2D eigenvalue weighted by molar-refractivity contribution is 7.99. The first-order valence-corrected chi connectivity index (χ1v) is 9.16. The van der Waals surface area contributed by atoms with Crippen molar-refractivity contribution in [1.82, 2.24) is 4.90 Å². The Balaban J connectivity index is 1.66. The molecule has 0 aromatic heterocycles. The number of likely N-dealkylation sites (tertiary alicyclic amines) is 1. The Labute approximate surface area is 121 Å². The third-order valence-corrected chi connectivity index (χ3v) is 6.27. The maximum absolute atomic E-state index is 6.23. The highest BCUT2D eigenvalue weighted by atomic mass is 32.2. The molecule has 3 aliphatic rings. The lowest BCUT2D eigenvalue weighted by atomic mass is 9.83. The van der Waals surface area contributed by atoms with Crippen LogP contribution in [-0.4, -0.2) is 53.8 Å². The summed E-state index contributed by atoms with van der Waals surface area (Å²) in [6.45, 7) is 3.06. The van der Waals surface area contributed by atoms with Crippen LogP contribution in [-0.2, 0) is 4.74 Å². The lowest BCUT2D eigenvalue weighted by Crippen LogP contribution is -2.55. The van der Waals surface area contributed by atoms with Gasteiger partial charge in [-0.3, -0.25) is 4.90 Å². The molecule has 3 fully saturated rings. The van der Waals surface area contributed by atoms with E-state index in [1.807, 2.05) is 0 Å². The van der Waals surface area contributed by atoms with Crippen LogP contribution in [0, 0.1) is 0 Å². The van der Waals surface area contributed by atoms with Crippen LogP contribution in [0.5, 0.6) is 0 Å². The lowest BCUT2D eigenvalue weighted by Gasteiger charge is -2.49. The second-order valence-electron chi connectivity index (χ2n) is 6.41. The molecule has 0 radical (unpaired) electrons. The Hall–Kier alpha value is 0.230. The second-order valence-corrected chi connectivity index (χ2v) is 7.64. The minimum atomic E-state index is 0.213. The molecule has 4 heteroatoms. The Kier molecular flexibility index (Phi) is 4.73. The maximum Gasteiger partial charge on any atom is 0.0713 e. The van der Waals surface area contributed by atoms with Crippen LogP contribution in [0.4, 0.5) is 0 Å². The fourth-order valence-electron chi connectivity index (χ4n) is 4.13. The van der Waals surface area contributed by atoms with E-state index < -0.39 is 0 Å². The molecule has 0 amide bonds. The summed E-state index contributed by atoms with van der Waals surface area (Å²) < 4.78 is 6.23. The fraction of sp³-hybridized carbons (Fsp3) is 1.00. The van der Waals surface area contributed by atoms with E-state index in [4.69, 9.17) is 10.5 Å². The van der Waals surface area contributed by atoms with Crippen molar-refractivity contribution in [3.8, 4) is 0 Å². The number of rotatable bonds is 2. The van der Waals surface area contributed by atoms with E-state index in [1.54, 1.807) is 0 Å².